The van der Waals surface area contributed by atoms with Gasteiger partial charge in [0, 0.05) is 24.4 Å². The number of hydrogen-bond donors (Lipinski definition) is 3. The van der Waals surface area contributed by atoms with E-state index in [1.807, 2.05) is 24.3 Å². The van der Waals surface area contributed by atoms with Crippen molar-refractivity contribution in [2.24, 2.45) is 5.92 Å². The lowest BCUT2D eigenvalue weighted by Crippen LogP contribution is -2.43. The van der Waals surface area contributed by atoms with Crippen LogP contribution in [0, 0.1) is 5.92 Å². The molecule has 0 aromatic heterocycles. The molecule has 0 bridgehead atoms. The van der Waals surface area contributed by atoms with Crippen LogP contribution in [-0.2, 0) is 19.1 Å². The van der Waals surface area contributed by atoms with Gasteiger partial charge in [0.1, 0.15) is 13.2 Å². The van der Waals surface area contributed by atoms with Crippen molar-refractivity contribution in [1.82, 2.24) is 10.6 Å². The van der Waals surface area contributed by atoms with Gasteiger partial charge < -0.3 is 25.2 Å². The molecule has 2 atom stereocenters. The van der Waals surface area contributed by atoms with Crippen molar-refractivity contribution in [3.8, 4) is 11.1 Å². The molecule has 1 saturated carbocycles. The first kappa shape index (κ1) is 23.8. The Balaban J connectivity index is 1.24. The quantitative estimate of drug-likeness (QED) is 0.489. The van der Waals surface area contributed by atoms with Crippen LogP contribution in [0.1, 0.15) is 42.7 Å². The van der Waals surface area contributed by atoms with Gasteiger partial charge in [-0.05, 0) is 41.5 Å². The lowest BCUT2D eigenvalue weighted by molar-refractivity contribution is -0.142. The molecule has 180 valence electrons. The average molecular weight is 467 g/mol. The van der Waals surface area contributed by atoms with E-state index in [2.05, 4.69) is 34.9 Å². The summed E-state index contributed by atoms with van der Waals surface area (Å²) >= 11 is 0. The smallest absolute Gasteiger partial charge is 0.407 e. The van der Waals surface area contributed by atoms with Crippen molar-refractivity contribution in [3.05, 3.63) is 59.7 Å². The van der Waals surface area contributed by atoms with Crippen molar-refractivity contribution < 1.29 is 29.0 Å². The summed E-state index contributed by atoms with van der Waals surface area (Å²) in [6.45, 7) is 0.275. The number of carboxylic acid groups (broad SMARTS) is 1. The maximum atomic E-state index is 12.6. The van der Waals surface area contributed by atoms with Crippen molar-refractivity contribution in [2.45, 2.75) is 37.6 Å². The van der Waals surface area contributed by atoms with Crippen LogP contribution in [-0.4, -0.2) is 55.5 Å². The van der Waals surface area contributed by atoms with E-state index in [4.69, 9.17) is 14.6 Å². The molecule has 2 aromatic carbocycles. The summed E-state index contributed by atoms with van der Waals surface area (Å²) in [5, 5.41) is 14.3. The van der Waals surface area contributed by atoms with Crippen molar-refractivity contribution >= 4 is 18.0 Å². The van der Waals surface area contributed by atoms with Crippen molar-refractivity contribution in [2.75, 3.05) is 26.4 Å². The topological polar surface area (TPSA) is 114 Å². The largest absolute Gasteiger partial charge is 0.480 e. The fraction of sp³-hybridized carbons (Fsp3) is 0.423. The number of benzene rings is 2. The van der Waals surface area contributed by atoms with Gasteiger partial charge in [-0.15, -0.1) is 0 Å². The van der Waals surface area contributed by atoms with Gasteiger partial charge in [-0.2, -0.15) is 0 Å². The monoisotopic (exact) mass is 466 g/mol. The number of fused-ring (bicyclic) bond motifs is 3. The standard InChI is InChI=1S/C26H30N2O6/c29-24(30)16-33-13-12-27-25(31)17-6-5-7-18(14-17)28-26(32)34-15-23-21-10-3-1-8-19(21)20-9-2-4-11-22(20)23/h1-4,8-11,17-18,23H,5-7,12-16H2,(H,27,31)(H,28,32)(H,29,30)/t17-,18+/m0/s1. The first-order valence-corrected chi connectivity index (χ1v) is 11.7. The highest BCUT2D eigenvalue weighted by Gasteiger charge is 2.31. The Kier molecular flexibility index (Phi) is 7.80. The van der Waals surface area contributed by atoms with Crippen LogP contribution < -0.4 is 10.6 Å². The SMILES string of the molecule is O=C(O)COCCNC(=O)[C@H]1CCC[C@@H](NC(=O)OCC2c3ccccc3-c3ccccc32)C1. The normalized spacial score (nSPS) is 19.1. The minimum absolute atomic E-state index is 0.00591. The molecule has 2 amide bonds. The van der Waals surface area contributed by atoms with E-state index in [1.54, 1.807) is 0 Å². The molecule has 34 heavy (non-hydrogen) atoms. The Morgan fingerprint density at radius 3 is 2.32 bits per heavy atom. The van der Waals surface area contributed by atoms with E-state index in [0.29, 0.717) is 6.42 Å². The van der Waals surface area contributed by atoms with Crippen LogP contribution in [0.15, 0.2) is 48.5 Å². The Bertz CT molecular complexity index is 994. The summed E-state index contributed by atoms with van der Waals surface area (Å²) < 4.78 is 10.6. The van der Waals surface area contributed by atoms with Gasteiger partial charge in [0.2, 0.25) is 5.91 Å². The van der Waals surface area contributed by atoms with E-state index in [1.165, 1.54) is 22.3 Å². The van der Waals surface area contributed by atoms with Gasteiger partial charge in [-0.25, -0.2) is 9.59 Å². The van der Waals surface area contributed by atoms with Gasteiger partial charge in [-0.1, -0.05) is 55.0 Å². The minimum Gasteiger partial charge on any atom is -0.480 e. The zero-order chi connectivity index (χ0) is 23.9. The van der Waals surface area contributed by atoms with E-state index < -0.39 is 12.1 Å². The molecule has 8 nitrogen and oxygen atoms in total. The second-order valence-corrected chi connectivity index (χ2v) is 8.77. The van der Waals surface area contributed by atoms with E-state index >= 15 is 0 Å². The molecule has 2 aliphatic rings. The molecule has 3 N–H and O–H groups in total. The first-order chi connectivity index (χ1) is 16.5. The molecular formula is C26H30N2O6. The Morgan fingerprint density at radius 2 is 1.65 bits per heavy atom. The van der Waals surface area contributed by atoms with Crippen LogP contribution in [0.2, 0.25) is 0 Å². The van der Waals surface area contributed by atoms with Crippen molar-refractivity contribution in [1.29, 1.82) is 0 Å². The maximum Gasteiger partial charge on any atom is 0.407 e. The van der Waals surface area contributed by atoms with Gasteiger partial charge in [-0.3, -0.25) is 4.79 Å². The summed E-state index contributed by atoms with van der Waals surface area (Å²) in [5.41, 5.74) is 4.69. The lowest BCUT2D eigenvalue weighted by atomic mass is 9.85. The minimum atomic E-state index is -1.04. The molecule has 0 spiro atoms. The number of aliphatic carboxylic acids is 1. The third-order valence-corrected chi connectivity index (χ3v) is 6.48. The predicted molar refractivity (Wildman–Crippen MR) is 125 cm³/mol. The summed E-state index contributed by atoms with van der Waals surface area (Å²) in [7, 11) is 0. The molecule has 0 unspecified atom stereocenters. The van der Waals surface area contributed by atoms with E-state index in [-0.39, 0.29) is 50.2 Å². The third kappa shape index (κ3) is 5.75. The number of rotatable bonds is 9. The van der Waals surface area contributed by atoms with Gasteiger partial charge >= 0.3 is 12.1 Å². The van der Waals surface area contributed by atoms with Crippen molar-refractivity contribution in [3.63, 3.8) is 0 Å². The predicted octanol–water partition coefficient (Wildman–Crippen LogP) is 3.30. The third-order valence-electron chi connectivity index (χ3n) is 6.48. The molecule has 0 heterocycles. The number of hydrogen-bond acceptors (Lipinski definition) is 5. The first-order valence-electron chi connectivity index (χ1n) is 11.7. The molecule has 4 rings (SSSR count). The molecule has 0 saturated heterocycles. The summed E-state index contributed by atoms with van der Waals surface area (Å²) in [6.07, 6.45) is 2.48. The van der Waals surface area contributed by atoms with Crippen LogP contribution in [0.25, 0.3) is 11.1 Å². The molecule has 8 heteroatoms. The highest BCUT2D eigenvalue weighted by Crippen LogP contribution is 2.44. The van der Waals surface area contributed by atoms with E-state index in [0.717, 1.165) is 19.3 Å². The number of ether oxygens (including phenoxy) is 2. The number of amides is 2. The summed E-state index contributed by atoms with van der Waals surface area (Å²) in [5.74, 6) is -1.34. The molecular weight excluding hydrogens is 436 g/mol. The van der Waals surface area contributed by atoms with Crippen LogP contribution in [0.4, 0.5) is 4.79 Å². The maximum absolute atomic E-state index is 12.6. The fourth-order valence-corrected chi connectivity index (χ4v) is 4.92. The van der Waals surface area contributed by atoms with Crippen LogP contribution >= 0.6 is 0 Å². The number of alkyl carbamates (subject to hydrolysis) is 1. The summed E-state index contributed by atoms with van der Waals surface area (Å²) in [6, 6.07) is 16.3. The lowest BCUT2D eigenvalue weighted by Gasteiger charge is -2.29. The molecule has 0 aliphatic heterocycles. The Labute approximate surface area is 198 Å². The number of nitrogens with one attached hydrogen (secondary N) is 2. The average Bonchev–Trinajstić information content (AvgIpc) is 3.16. The fourth-order valence-electron chi connectivity index (χ4n) is 4.92. The zero-order valence-corrected chi connectivity index (χ0v) is 19.0. The highest BCUT2D eigenvalue weighted by molar-refractivity contribution is 5.80. The van der Waals surface area contributed by atoms with Gasteiger partial charge in [0.05, 0.1) is 6.61 Å². The Morgan fingerprint density at radius 1 is 0.971 bits per heavy atom. The molecule has 2 aromatic rings. The second-order valence-electron chi connectivity index (χ2n) is 8.77. The molecule has 2 aliphatic carbocycles. The van der Waals surface area contributed by atoms with Crippen LogP contribution in [0.3, 0.4) is 0 Å². The second kappa shape index (κ2) is 11.2. The Hall–Kier alpha value is -3.39. The van der Waals surface area contributed by atoms with E-state index in [9.17, 15) is 14.4 Å². The van der Waals surface area contributed by atoms with Gasteiger partial charge in [0.25, 0.3) is 0 Å². The molecule has 1 fully saturated rings. The summed E-state index contributed by atoms with van der Waals surface area (Å²) in [4.78, 5) is 35.4. The molecule has 0 radical (unpaired) electrons. The van der Waals surface area contributed by atoms with Gasteiger partial charge in [0.15, 0.2) is 0 Å². The zero-order valence-electron chi connectivity index (χ0n) is 19.0. The highest BCUT2D eigenvalue weighted by atomic mass is 16.5. The van der Waals surface area contributed by atoms with Crippen LogP contribution in [0.5, 0.6) is 0 Å². The number of carboxylic acids is 1. The number of carbonyl (C=O) groups excluding carboxylic acids is 2. The number of carbonyl (C=O) groups is 3.